The molecular formula is C16H25NO5S. The van der Waals surface area contributed by atoms with Crippen LogP contribution in [0.2, 0.25) is 0 Å². The maximum atomic E-state index is 12.4. The van der Waals surface area contributed by atoms with Gasteiger partial charge in [-0.15, -0.1) is 0 Å². The molecule has 0 aromatic heterocycles. The Bertz CT molecular complexity index is 620. The number of sulfonamides is 1. The largest absolute Gasteiger partial charge is 0.493 e. The minimum Gasteiger partial charge on any atom is -0.493 e. The Morgan fingerprint density at radius 2 is 1.83 bits per heavy atom. The Morgan fingerprint density at radius 3 is 2.30 bits per heavy atom. The van der Waals surface area contributed by atoms with Crippen LogP contribution in [0.1, 0.15) is 40.5 Å². The summed E-state index contributed by atoms with van der Waals surface area (Å²) in [7, 11) is -3.71. The summed E-state index contributed by atoms with van der Waals surface area (Å²) in [5, 5.41) is 8.72. The van der Waals surface area contributed by atoms with Gasteiger partial charge in [-0.1, -0.05) is 13.8 Å². The fourth-order valence-corrected chi connectivity index (χ4v) is 3.31. The van der Waals surface area contributed by atoms with Crippen LogP contribution in [0.25, 0.3) is 0 Å². The van der Waals surface area contributed by atoms with Crippen molar-refractivity contribution in [1.82, 2.24) is 4.72 Å². The van der Waals surface area contributed by atoms with Crippen LogP contribution < -0.4 is 9.46 Å². The molecule has 1 aromatic rings. The second-order valence-electron chi connectivity index (χ2n) is 6.56. The number of benzene rings is 1. The van der Waals surface area contributed by atoms with Crippen LogP contribution in [-0.2, 0) is 14.8 Å². The van der Waals surface area contributed by atoms with Gasteiger partial charge in [0.1, 0.15) is 5.75 Å². The molecule has 130 valence electrons. The van der Waals surface area contributed by atoms with E-state index >= 15 is 0 Å². The Labute approximate surface area is 137 Å². The van der Waals surface area contributed by atoms with E-state index in [0.717, 1.165) is 0 Å². The third-order valence-corrected chi connectivity index (χ3v) is 4.81. The molecule has 1 aromatic carbocycles. The van der Waals surface area contributed by atoms with Gasteiger partial charge in [0.15, 0.2) is 0 Å². The van der Waals surface area contributed by atoms with Crippen molar-refractivity contribution in [3.8, 4) is 5.75 Å². The van der Waals surface area contributed by atoms with Crippen molar-refractivity contribution in [2.24, 2.45) is 5.92 Å². The molecule has 0 fully saturated rings. The lowest BCUT2D eigenvalue weighted by Gasteiger charge is -2.25. The molecule has 0 amide bonds. The number of carboxylic acids is 1. The van der Waals surface area contributed by atoms with E-state index in [2.05, 4.69) is 4.72 Å². The fraction of sp³-hybridized carbons (Fsp3) is 0.562. The van der Waals surface area contributed by atoms with Crippen LogP contribution in [0.3, 0.4) is 0 Å². The molecule has 0 aliphatic rings. The maximum Gasteiger partial charge on any atom is 0.303 e. The zero-order valence-electron chi connectivity index (χ0n) is 14.0. The van der Waals surface area contributed by atoms with Gasteiger partial charge in [-0.25, -0.2) is 13.1 Å². The lowest BCUT2D eigenvalue weighted by atomic mass is 10.0. The van der Waals surface area contributed by atoms with Crippen LogP contribution in [0.5, 0.6) is 5.75 Å². The minimum atomic E-state index is -3.71. The Hall–Kier alpha value is -1.60. The van der Waals surface area contributed by atoms with Crippen molar-refractivity contribution in [2.45, 2.75) is 51.0 Å². The third kappa shape index (κ3) is 7.00. The van der Waals surface area contributed by atoms with Gasteiger partial charge in [-0.3, -0.25) is 4.79 Å². The molecule has 0 bridgehead atoms. The Kier molecular flexibility index (Phi) is 6.58. The highest BCUT2D eigenvalue weighted by atomic mass is 32.2. The average molecular weight is 343 g/mol. The van der Waals surface area contributed by atoms with E-state index in [0.29, 0.717) is 18.3 Å². The molecule has 1 rings (SSSR count). The van der Waals surface area contributed by atoms with Crippen LogP contribution in [0.15, 0.2) is 29.2 Å². The number of aliphatic carboxylic acids is 1. The molecular weight excluding hydrogens is 318 g/mol. The highest BCUT2D eigenvalue weighted by Gasteiger charge is 2.26. The molecule has 0 spiro atoms. The second-order valence-corrected chi connectivity index (χ2v) is 8.24. The van der Waals surface area contributed by atoms with Crippen molar-refractivity contribution in [3.63, 3.8) is 0 Å². The molecule has 0 saturated carbocycles. The molecule has 0 aliphatic heterocycles. The summed E-state index contributed by atoms with van der Waals surface area (Å²) >= 11 is 0. The lowest BCUT2D eigenvalue weighted by molar-refractivity contribution is -0.137. The third-order valence-electron chi connectivity index (χ3n) is 3.09. The summed E-state index contributed by atoms with van der Waals surface area (Å²) in [6.45, 7) is 7.94. The van der Waals surface area contributed by atoms with Gasteiger partial charge in [0.05, 0.1) is 11.5 Å². The molecule has 7 heteroatoms. The first kappa shape index (κ1) is 19.4. The number of rotatable bonds is 9. The van der Waals surface area contributed by atoms with E-state index < -0.39 is 21.5 Å². The maximum absolute atomic E-state index is 12.4. The normalized spacial score (nSPS) is 12.4. The summed E-state index contributed by atoms with van der Waals surface area (Å²) in [4.78, 5) is 10.8. The Balaban J connectivity index is 2.77. The summed E-state index contributed by atoms with van der Waals surface area (Å²) < 4.78 is 32.8. The SMILES string of the molecule is CC(C)COc1ccc(S(=O)(=O)NC(C)(C)CCC(=O)O)cc1. The quantitative estimate of drug-likeness (QED) is 0.719. The fourth-order valence-electron chi connectivity index (χ4n) is 1.87. The first-order valence-corrected chi connectivity index (χ1v) is 8.99. The second kappa shape index (κ2) is 7.79. The van der Waals surface area contributed by atoms with Crippen molar-refractivity contribution in [2.75, 3.05) is 6.61 Å². The standard InChI is InChI=1S/C16H25NO5S/c1-12(2)11-22-13-5-7-14(8-6-13)23(20,21)17-16(3,4)10-9-15(18)19/h5-8,12,17H,9-11H2,1-4H3,(H,18,19). The number of carboxylic acid groups (broad SMARTS) is 1. The lowest BCUT2D eigenvalue weighted by Crippen LogP contribution is -2.43. The first-order valence-electron chi connectivity index (χ1n) is 7.50. The molecule has 0 unspecified atom stereocenters. The van der Waals surface area contributed by atoms with E-state index in [4.69, 9.17) is 9.84 Å². The average Bonchev–Trinajstić information content (AvgIpc) is 2.42. The van der Waals surface area contributed by atoms with Gasteiger partial charge >= 0.3 is 5.97 Å². The van der Waals surface area contributed by atoms with Gasteiger partial charge < -0.3 is 9.84 Å². The minimum absolute atomic E-state index is 0.0997. The number of hydrogen-bond acceptors (Lipinski definition) is 4. The van der Waals surface area contributed by atoms with Crippen molar-refractivity contribution in [3.05, 3.63) is 24.3 Å². The predicted molar refractivity (Wildman–Crippen MR) is 88.0 cm³/mol. The molecule has 2 N–H and O–H groups in total. The summed E-state index contributed by atoms with van der Waals surface area (Å²) in [5.41, 5.74) is -0.843. The highest BCUT2D eigenvalue weighted by Crippen LogP contribution is 2.20. The van der Waals surface area contributed by atoms with Crippen LogP contribution in [-0.4, -0.2) is 31.6 Å². The molecule has 0 saturated heterocycles. The van der Waals surface area contributed by atoms with E-state index in [9.17, 15) is 13.2 Å². The zero-order valence-corrected chi connectivity index (χ0v) is 14.8. The van der Waals surface area contributed by atoms with E-state index in [1.807, 2.05) is 13.8 Å². The Morgan fingerprint density at radius 1 is 1.26 bits per heavy atom. The number of ether oxygens (including phenoxy) is 1. The molecule has 0 atom stereocenters. The van der Waals surface area contributed by atoms with E-state index in [-0.39, 0.29) is 17.7 Å². The van der Waals surface area contributed by atoms with Crippen LogP contribution >= 0.6 is 0 Å². The van der Waals surface area contributed by atoms with Gasteiger partial charge in [-0.05, 0) is 50.5 Å². The topological polar surface area (TPSA) is 92.7 Å². The summed E-state index contributed by atoms with van der Waals surface area (Å²) in [5.74, 6) is 0.0434. The van der Waals surface area contributed by atoms with E-state index in [1.54, 1.807) is 26.0 Å². The highest BCUT2D eigenvalue weighted by molar-refractivity contribution is 7.89. The summed E-state index contributed by atoms with van der Waals surface area (Å²) in [6.07, 6.45) is 0.106. The number of nitrogens with one attached hydrogen (secondary N) is 1. The van der Waals surface area contributed by atoms with Gasteiger partial charge in [0.25, 0.3) is 0 Å². The van der Waals surface area contributed by atoms with E-state index in [1.165, 1.54) is 12.1 Å². The van der Waals surface area contributed by atoms with Gasteiger partial charge in [0.2, 0.25) is 10.0 Å². The molecule has 0 heterocycles. The molecule has 6 nitrogen and oxygen atoms in total. The molecule has 0 aliphatic carbocycles. The van der Waals surface area contributed by atoms with Crippen molar-refractivity contribution in [1.29, 1.82) is 0 Å². The first-order chi connectivity index (χ1) is 10.5. The van der Waals surface area contributed by atoms with Crippen LogP contribution in [0.4, 0.5) is 0 Å². The zero-order chi connectivity index (χ0) is 17.7. The monoisotopic (exact) mass is 343 g/mol. The van der Waals surface area contributed by atoms with Gasteiger partial charge in [0, 0.05) is 12.0 Å². The number of carbonyl (C=O) groups is 1. The molecule has 23 heavy (non-hydrogen) atoms. The van der Waals surface area contributed by atoms with Gasteiger partial charge in [-0.2, -0.15) is 0 Å². The molecule has 0 radical (unpaired) electrons. The van der Waals surface area contributed by atoms with Crippen LogP contribution in [0, 0.1) is 5.92 Å². The van der Waals surface area contributed by atoms with Crippen molar-refractivity contribution >= 4 is 16.0 Å². The number of hydrogen-bond donors (Lipinski definition) is 2. The predicted octanol–water partition coefficient (Wildman–Crippen LogP) is 2.64. The van der Waals surface area contributed by atoms with Crippen molar-refractivity contribution < 1.29 is 23.1 Å². The smallest absolute Gasteiger partial charge is 0.303 e. The summed E-state index contributed by atoms with van der Waals surface area (Å²) in [6, 6.07) is 6.18.